The van der Waals surface area contributed by atoms with Crippen molar-refractivity contribution in [2.75, 3.05) is 19.6 Å². The molecular weight excluding hydrogens is 492 g/mol. The normalized spacial score (nSPS) is 23.7. The van der Waals surface area contributed by atoms with E-state index in [2.05, 4.69) is 25.4 Å². The molecule has 0 radical (unpaired) electrons. The quantitative estimate of drug-likeness (QED) is 0.532. The number of hydrogen-bond donors (Lipinski definition) is 1. The molecule has 12 heteroatoms. The standard InChI is InChI=1S/C25H34F4N6O2/c1-17(25(27,28)29)37-23-4-3-18-7-12-35(13-8-21(18)32-23)14-11-24(26)9-5-19(6-10-24)31-22(36)15-20-16-30-34(2)33-20/h3-4,16-17,19H,5-15H2,1-2H3,(H,31,36). The van der Waals surface area contributed by atoms with E-state index in [0.29, 0.717) is 63.7 Å². The van der Waals surface area contributed by atoms with Crippen LogP contribution in [-0.2, 0) is 31.1 Å². The van der Waals surface area contributed by atoms with Crippen LogP contribution < -0.4 is 10.1 Å². The third-order valence-corrected chi connectivity index (χ3v) is 7.28. The number of halogens is 4. The molecule has 1 N–H and O–H groups in total. The average molecular weight is 527 g/mol. The summed E-state index contributed by atoms with van der Waals surface area (Å²) in [5.74, 6) is -0.156. The Kier molecular flexibility index (Phi) is 8.35. The third kappa shape index (κ3) is 7.62. The van der Waals surface area contributed by atoms with Crippen molar-refractivity contribution in [1.29, 1.82) is 0 Å². The third-order valence-electron chi connectivity index (χ3n) is 7.28. The maximum atomic E-state index is 15.5. The predicted molar refractivity (Wildman–Crippen MR) is 128 cm³/mol. The first-order valence-electron chi connectivity index (χ1n) is 12.8. The van der Waals surface area contributed by atoms with Gasteiger partial charge in [-0.25, -0.2) is 9.37 Å². The second kappa shape index (κ2) is 11.3. The zero-order chi connectivity index (χ0) is 26.6. The fourth-order valence-corrected chi connectivity index (χ4v) is 4.95. The topological polar surface area (TPSA) is 85.2 Å². The molecule has 0 saturated heterocycles. The van der Waals surface area contributed by atoms with E-state index in [-0.39, 0.29) is 24.2 Å². The Balaban J connectivity index is 1.21. The SMILES string of the molecule is CC(Oc1ccc2c(n1)CCN(CCC1(F)CCC(NC(=O)Cc3cnn(C)n3)CC1)CC2)C(F)(F)F. The molecule has 1 aliphatic heterocycles. The number of carbonyl (C=O) groups excluding carboxylic acids is 1. The highest BCUT2D eigenvalue weighted by Crippen LogP contribution is 2.35. The molecular formula is C25H34F4N6O2. The number of nitrogens with zero attached hydrogens (tertiary/aromatic N) is 5. The molecule has 1 unspecified atom stereocenters. The summed E-state index contributed by atoms with van der Waals surface area (Å²) in [7, 11) is 1.69. The molecule has 1 saturated carbocycles. The first-order chi connectivity index (χ1) is 17.5. The van der Waals surface area contributed by atoms with Gasteiger partial charge in [0.1, 0.15) is 5.67 Å². The van der Waals surface area contributed by atoms with Crippen molar-refractivity contribution >= 4 is 5.91 Å². The van der Waals surface area contributed by atoms with Crippen LogP contribution in [0.15, 0.2) is 18.3 Å². The van der Waals surface area contributed by atoms with Crippen LogP contribution >= 0.6 is 0 Å². The molecule has 1 aliphatic carbocycles. The lowest BCUT2D eigenvalue weighted by molar-refractivity contribution is -0.190. The largest absolute Gasteiger partial charge is 0.465 e. The van der Waals surface area contributed by atoms with Crippen molar-refractivity contribution in [3.05, 3.63) is 35.3 Å². The summed E-state index contributed by atoms with van der Waals surface area (Å²) < 4.78 is 58.9. The summed E-state index contributed by atoms with van der Waals surface area (Å²) in [5.41, 5.74) is 1.06. The van der Waals surface area contributed by atoms with Gasteiger partial charge in [0.05, 0.1) is 18.3 Å². The molecule has 1 fully saturated rings. The van der Waals surface area contributed by atoms with Crippen LogP contribution in [0.2, 0.25) is 0 Å². The summed E-state index contributed by atoms with van der Waals surface area (Å²) in [6.45, 7) is 2.96. The molecule has 2 aromatic rings. The number of nitrogens with one attached hydrogen (secondary N) is 1. The van der Waals surface area contributed by atoms with E-state index in [4.69, 9.17) is 4.74 Å². The first kappa shape index (κ1) is 27.3. The first-order valence-corrected chi connectivity index (χ1v) is 12.8. The van der Waals surface area contributed by atoms with Crippen LogP contribution in [0.25, 0.3) is 0 Å². The van der Waals surface area contributed by atoms with Crippen molar-refractivity contribution in [3.63, 3.8) is 0 Å². The van der Waals surface area contributed by atoms with Crippen LogP contribution in [0.3, 0.4) is 0 Å². The van der Waals surface area contributed by atoms with E-state index in [0.717, 1.165) is 24.7 Å². The second-order valence-electron chi connectivity index (χ2n) is 10.1. The molecule has 2 aliphatic rings. The maximum Gasteiger partial charge on any atom is 0.425 e. The minimum Gasteiger partial charge on any atom is -0.465 e. The summed E-state index contributed by atoms with van der Waals surface area (Å²) in [5, 5.41) is 11.1. The lowest BCUT2D eigenvalue weighted by Gasteiger charge is -2.35. The van der Waals surface area contributed by atoms with E-state index in [1.807, 2.05) is 0 Å². The Labute approximate surface area is 213 Å². The number of ether oxygens (including phenoxy) is 1. The molecule has 0 aromatic carbocycles. The minimum atomic E-state index is -4.45. The monoisotopic (exact) mass is 526 g/mol. The van der Waals surface area contributed by atoms with Gasteiger partial charge in [0.15, 0.2) is 6.10 Å². The molecule has 1 atom stereocenters. The zero-order valence-electron chi connectivity index (χ0n) is 21.2. The average Bonchev–Trinajstić information content (AvgIpc) is 3.13. The van der Waals surface area contributed by atoms with Gasteiger partial charge < -0.3 is 15.0 Å². The van der Waals surface area contributed by atoms with Crippen molar-refractivity contribution in [2.45, 2.75) is 82.3 Å². The Morgan fingerprint density at radius 2 is 1.97 bits per heavy atom. The van der Waals surface area contributed by atoms with Crippen molar-refractivity contribution in [2.24, 2.45) is 7.05 Å². The van der Waals surface area contributed by atoms with Gasteiger partial charge in [-0.05, 0) is 51.0 Å². The predicted octanol–water partition coefficient (Wildman–Crippen LogP) is 3.34. The number of aromatic nitrogens is 4. The van der Waals surface area contributed by atoms with Gasteiger partial charge in [-0.3, -0.25) is 4.79 Å². The number of hydrogen-bond acceptors (Lipinski definition) is 6. The van der Waals surface area contributed by atoms with E-state index in [9.17, 15) is 18.0 Å². The molecule has 2 aromatic heterocycles. The van der Waals surface area contributed by atoms with Crippen LogP contribution in [0.4, 0.5) is 17.6 Å². The van der Waals surface area contributed by atoms with Crippen LogP contribution in [0.5, 0.6) is 5.88 Å². The van der Waals surface area contributed by atoms with Crippen molar-refractivity contribution < 1.29 is 27.1 Å². The Morgan fingerprint density at radius 1 is 1.24 bits per heavy atom. The molecule has 0 bridgehead atoms. The van der Waals surface area contributed by atoms with E-state index in [1.165, 1.54) is 10.9 Å². The molecule has 4 rings (SSSR count). The second-order valence-corrected chi connectivity index (χ2v) is 10.1. The van der Waals surface area contributed by atoms with Crippen LogP contribution in [0.1, 0.15) is 56.0 Å². The van der Waals surface area contributed by atoms with Crippen molar-refractivity contribution in [1.82, 2.24) is 30.2 Å². The molecule has 1 amide bonds. The highest BCUT2D eigenvalue weighted by Gasteiger charge is 2.38. The minimum absolute atomic E-state index is 0.0275. The summed E-state index contributed by atoms with van der Waals surface area (Å²) in [4.78, 5) is 20.2. The van der Waals surface area contributed by atoms with Crippen molar-refractivity contribution in [3.8, 4) is 5.88 Å². The van der Waals surface area contributed by atoms with Gasteiger partial charge in [0, 0.05) is 50.9 Å². The van der Waals surface area contributed by atoms with Gasteiger partial charge in [-0.15, -0.1) is 0 Å². The van der Waals surface area contributed by atoms with Crippen LogP contribution in [-0.4, -0.2) is 74.4 Å². The van der Waals surface area contributed by atoms with Gasteiger partial charge in [0.2, 0.25) is 11.8 Å². The Bertz CT molecular complexity index is 1070. The Hall–Kier alpha value is -2.76. The number of carbonyl (C=O) groups is 1. The number of rotatable bonds is 8. The molecule has 204 valence electrons. The molecule has 3 heterocycles. The Morgan fingerprint density at radius 3 is 2.65 bits per heavy atom. The smallest absolute Gasteiger partial charge is 0.425 e. The number of fused-ring (bicyclic) bond motifs is 1. The van der Waals surface area contributed by atoms with E-state index in [1.54, 1.807) is 19.3 Å². The lowest BCUT2D eigenvalue weighted by atomic mass is 9.81. The molecule has 37 heavy (non-hydrogen) atoms. The number of alkyl halides is 4. The van der Waals surface area contributed by atoms with E-state index >= 15 is 4.39 Å². The number of pyridine rings is 1. The number of aryl methyl sites for hydroxylation is 1. The van der Waals surface area contributed by atoms with Gasteiger partial charge in [-0.1, -0.05) is 6.07 Å². The zero-order valence-corrected chi connectivity index (χ0v) is 21.2. The van der Waals surface area contributed by atoms with Crippen LogP contribution in [0, 0.1) is 0 Å². The van der Waals surface area contributed by atoms with Gasteiger partial charge in [0.25, 0.3) is 0 Å². The fourth-order valence-electron chi connectivity index (χ4n) is 4.95. The summed E-state index contributed by atoms with van der Waals surface area (Å²) in [6.07, 6.45) is -0.977. The van der Waals surface area contributed by atoms with E-state index < -0.39 is 17.9 Å². The lowest BCUT2D eigenvalue weighted by Crippen LogP contribution is -2.43. The molecule has 8 nitrogen and oxygen atoms in total. The number of amides is 1. The highest BCUT2D eigenvalue weighted by molar-refractivity contribution is 5.78. The van der Waals surface area contributed by atoms with Gasteiger partial charge in [-0.2, -0.15) is 28.2 Å². The summed E-state index contributed by atoms with van der Waals surface area (Å²) in [6, 6.07) is 3.22. The highest BCUT2D eigenvalue weighted by atomic mass is 19.4. The summed E-state index contributed by atoms with van der Waals surface area (Å²) >= 11 is 0. The maximum absolute atomic E-state index is 15.5. The van der Waals surface area contributed by atoms with Gasteiger partial charge >= 0.3 is 6.18 Å². The fraction of sp³-hybridized carbons (Fsp3) is 0.680. The molecule has 0 spiro atoms.